The minimum Gasteiger partial charge on any atom is -0.309 e. The van der Waals surface area contributed by atoms with Gasteiger partial charge < -0.3 is 9.13 Å². The zero-order valence-electron chi connectivity index (χ0n) is 27.1. The predicted octanol–water partition coefficient (Wildman–Crippen LogP) is 11.7. The first kappa shape index (κ1) is 28.3. The molecule has 4 heteroatoms. The fourth-order valence-corrected chi connectivity index (χ4v) is 7.52. The number of hydrogen-bond donors (Lipinski definition) is 0. The Kier molecular flexibility index (Phi) is 6.46. The average Bonchev–Trinajstić information content (AvgIpc) is 3.71. The first-order valence-electron chi connectivity index (χ1n) is 16.9. The van der Waals surface area contributed by atoms with E-state index in [-0.39, 0.29) is 0 Å². The Morgan fingerprint density at radius 3 is 0.880 bits per heavy atom. The minimum absolute atomic E-state index is 1.03. The number of rotatable bonds is 5. The van der Waals surface area contributed by atoms with Crippen LogP contribution in [0.3, 0.4) is 0 Å². The molecule has 0 bridgehead atoms. The third-order valence-electron chi connectivity index (χ3n) is 9.89. The normalized spacial score (nSPS) is 11.6. The van der Waals surface area contributed by atoms with Crippen molar-refractivity contribution in [3.8, 4) is 44.8 Å². The van der Waals surface area contributed by atoms with Crippen LogP contribution in [0.4, 0.5) is 0 Å². The highest BCUT2D eigenvalue weighted by atomic mass is 15.0. The van der Waals surface area contributed by atoms with Gasteiger partial charge >= 0.3 is 0 Å². The first-order valence-corrected chi connectivity index (χ1v) is 16.9. The topological polar surface area (TPSA) is 35.6 Å². The van der Waals surface area contributed by atoms with Gasteiger partial charge in [0.15, 0.2) is 0 Å². The van der Waals surface area contributed by atoms with Gasteiger partial charge in [0.05, 0.1) is 22.1 Å². The molecule has 234 valence electrons. The standard InChI is InChI=1S/C46H30N4/c1-5-13-43-39(9-1)40-10-2-6-14-44(40)49(43)37-21-17-31(18-22-37)33-25-35(29-47-27-33)36-26-34(28-48-30-36)32-19-23-38(24-20-32)50-45-15-7-3-11-41(45)42-12-4-8-16-46(42)50/h1-30H. The lowest BCUT2D eigenvalue weighted by atomic mass is 10.00. The van der Waals surface area contributed by atoms with Crippen LogP contribution in [0.15, 0.2) is 183 Å². The Morgan fingerprint density at radius 1 is 0.280 bits per heavy atom. The van der Waals surface area contributed by atoms with Crippen molar-refractivity contribution in [2.45, 2.75) is 0 Å². The summed E-state index contributed by atoms with van der Waals surface area (Å²) in [6.45, 7) is 0. The molecule has 4 heterocycles. The molecule has 0 amide bonds. The van der Waals surface area contributed by atoms with Gasteiger partial charge in [0, 0.05) is 80.0 Å². The number of pyridine rings is 2. The average molecular weight is 639 g/mol. The van der Waals surface area contributed by atoms with Gasteiger partial charge in [-0.25, -0.2) is 0 Å². The molecular formula is C46H30N4. The van der Waals surface area contributed by atoms with Crippen LogP contribution in [0.1, 0.15) is 0 Å². The van der Waals surface area contributed by atoms with Crippen LogP contribution in [0.5, 0.6) is 0 Å². The van der Waals surface area contributed by atoms with E-state index < -0.39 is 0 Å². The van der Waals surface area contributed by atoms with Gasteiger partial charge in [-0.15, -0.1) is 0 Å². The third-order valence-corrected chi connectivity index (χ3v) is 9.89. The second kappa shape index (κ2) is 11.4. The van der Waals surface area contributed by atoms with Gasteiger partial charge in [-0.05, 0) is 71.8 Å². The van der Waals surface area contributed by atoms with Gasteiger partial charge in [-0.2, -0.15) is 0 Å². The maximum atomic E-state index is 4.65. The van der Waals surface area contributed by atoms with Crippen molar-refractivity contribution >= 4 is 43.6 Å². The maximum absolute atomic E-state index is 4.65. The second-order valence-corrected chi connectivity index (χ2v) is 12.8. The summed E-state index contributed by atoms with van der Waals surface area (Å²) >= 11 is 0. The Hall–Kier alpha value is -6.78. The molecule has 0 saturated carbocycles. The highest BCUT2D eigenvalue weighted by Gasteiger charge is 2.14. The minimum atomic E-state index is 1.03. The molecular weight excluding hydrogens is 609 g/mol. The summed E-state index contributed by atoms with van der Waals surface area (Å²) in [5.41, 5.74) is 13.5. The summed E-state index contributed by atoms with van der Waals surface area (Å²) in [6, 6.07) is 56.4. The molecule has 0 atom stereocenters. The lowest BCUT2D eigenvalue weighted by Gasteiger charge is -2.11. The van der Waals surface area contributed by atoms with Crippen LogP contribution in [0.25, 0.3) is 88.4 Å². The van der Waals surface area contributed by atoms with Gasteiger partial charge in [0.2, 0.25) is 0 Å². The second-order valence-electron chi connectivity index (χ2n) is 12.8. The third kappa shape index (κ3) is 4.54. The Labute approximate surface area is 289 Å². The van der Waals surface area contributed by atoms with Gasteiger partial charge in [-0.1, -0.05) is 97.1 Å². The van der Waals surface area contributed by atoms with E-state index in [4.69, 9.17) is 0 Å². The van der Waals surface area contributed by atoms with Gasteiger partial charge in [0.1, 0.15) is 0 Å². The number of aromatic nitrogens is 4. The largest absolute Gasteiger partial charge is 0.309 e. The summed E-state index contributed by atoms with van der Waals surface area (Å²) in [6.07, 6.45) is 7.71. The molecule has 0 spiro atoms. The molecule has 0 radical (unpaired) electrons. The van der Waals surface area contributed by atoms with Crippen molar-refractivity contribution in [1.82, 2.24) is 19.1 Å². The van der Waals surface area contributed by atoms with E-state index in [1.807, 2.05) is 24.8 Å². The van der Waals surface area contributed by atoms with Crippen molar-refractivity contribution in [1.29, 1.82) is 0 Å². The van der Waals surface area contributed by atoms with E-state index >= 15 is 0 Å². The van der Waals surface area contributed by atoms with Crippen LogP contribution < -0.4 is 0 Å². The summed E-state index contributed by atoms with van der Waals surface area (Å²) in [4.78, 5) is 9.30. The fourth-order valence-electron chi connectivity index (χ4n) is 7.52. The Morgan fingerprint density at radius 2 is 0.560 bits per heavy atom. The van der Waals surface area contributed by atoms with Crippen molar-refractivity contribution < 1.29 is 0 Å². The molecule has 10 aromatic rings. The molecule has 0 N–H and O–H groups in total. The van der Waals surface area contributed by atoms with Crippen molar-refractivity contribution in [3.05, 3.63) is 183 Å². The summed E-state index contributed by atoms with van der Waals surface area (Å²) < 4.78 is 4.69. The number of para-hydroxylation sites is 4. The highest BCUT2D eigenvalue weighted by Crippen LogP contribution is 2.35. The van der Waals surface area contributed by atoms with E-state index in [1.54, 1.807) is 0 Å². The predicted molar refractivity (Wildman–Crippen MR) is 207 cm³/mol. The van der Waals surface area contributed by atoms with E-state index in [1.165, 1.54) is 43.6 Å². The smallest absolute Gasteiger partial charge is 0.0541 e. The van der Waals surface area contributed by atoms with E-state index in [0.717, 1.165) is 44.8 Å². The molecule has 4 aromatic heterocycles. The van der Waals surface area contributed by atoms with Gasteiger partial charge in [0.25, 0.3) is 0 Å². The lowest BCUT2D eigenvalue weighted by molar-refractivity contribution is 1.18. The van der Waals surface area contributed by atoms with Crippen LogP contribution >= 0.6 is 0 Å². The van der Waals surface area contributed by atoms with Crippen LogP contribution in [-0.2, 0) is 0 Å². The molecule has 0 unspecified atom stereocenters. The molecule has 0 aliphatic heterocycles. The number of hydrogen-bond acceptors (Lipinski definition) is 2. The van der Waals surface area contributed by atoms with Crippen molar-refractivity contribution in [3.63, 3.8) is 0 Å². The molecule has 0 fully saturated rings. The zero-order valence-corrected chi connectivity index (χ0v) is 27.1. The van der Waals surface area contributed by atoms with Crippen molar-refractivity contribution in [2.24, 2.45) is 0 Å². The fraction of sp³-hybridized carbons (Fsp3) is 0. The molecule has 50 heavy (non-hydrogen) atoms. The monoisotopic (exact) mass is 638 g/mol. The van der Waals surface area contributed by atoms with Crippen LogP contribution in [-0.4, -0.2) is 19.1 Å². The first-order chi connectivity index (χ1) is 24.8. The highest BCUT2D eigenvalue weighted by molar-refractivity contribution is 6.10. The lowest BCUT2D eigenvalue weighted by Crippen LogP contribution is -1.94. The Balaban J connectivity index is 0.962. The SMILES string of the molecule is c1ccc2c(c1)c1ccccc1n2-c1ccc(-c2cncc(-c3cncc(-c4ccc(-n5c6ccccc6c6ccccc65)cc4)c3)c2)cc1. The van der Waals surface area contributed by atoms with Gasteiger partial charge in [-0.3, -0.25) is 9.97 Å². The van der Waals surface area contributed by atoms with Crippen LogP contribution in [0.2, 0.25) is 0 Å². The summed E-state index contributed by atoms with van der Waals surface area (Å²) in [7, 11) is 0. The quantitative estimate of drug-likeness (QED) is 0.188. The number of benzene rings is 6. The van der Waals surface area contributed by atoms with E-state index in [9.17, 15) is 0 Å². The molecule has 4 nitrogen and oxygen atoms in total. The summed E-state index contributed by atoms with van der Waals surface area (Å²) in [5.74, 6) is 0. The van der Waals surface area contributed by atoms with Crippen LogP contribution in [0, 0.1) is 0 Å². The number of fused-ring (bicyclic) bond motifs is 6. The molecule has 6 aromatic carbocycles. The molecule has 0 aliphatic rings. The van der Waals surface area contributed by atoms with E-state index in [2.05, 4.69) is 177 Å². The molecule has 10 rings (SSSR count). The Bertz CT molecular complexity index is 2550. The number of nitrogens with zero attached hydrogens (tertiary/aromatic N) is 4. The van der Waals surface area contributed by atoms with Crippen molar-refractivity contribution in [2.75, 3.05) is 0 Å². The summed E-state index contributed by atoms with van der Waals surface area (Å²) in [5, 5.41) is 5.05. The molecule has 0 saturated heterocycles. The zero-order chi connectivity index (χ0) is 33.0. The molecule has 0 aliphatic carbocycles. The van der Waals surface area contributed by atoms with E-state index in [0.29, 0.717) is 0 Å². The maximum Gasteiger partial charge on any atom is 0.0541 e.